The van der Waals surface area contributed by atoms with Gasteiger partial charge in [0.1, 0.15) is 0 Å². The van der Waals surface area contributed by atoms with Crippen LogP contribution in [-0.4, -0.2) is 30.6 Å². The number of hydrogen-bond acceptors (Lipinski definition) is 5. The third-order valence-corrected chi connectivity index (χ3v) is 6.19. The highest BCUT2D eigenvalue weighted by Gasteiger charge is 2.39. The van der Waals surface area contributed by atoms with Crippen molar-refractivity contribution >= 4 is 34.0 Å². The number of nitrogens with zero attached hydrogens (tertiary/aromatic N) is 1. The van der Waals surface area contributed by atoms with Crippen molar-refractivity contribution in [3.05, 3.63) is 45.4 Å². The maximum absolute atomic E-state index is 12.8. The quantitative estimate of drug-likeness (QED) is 0.834. The van der Waals surface area contributed by atoms with Crippen LogP contribution in [0.1, 0.15) is 29.0 Å². The van der Waals surface area contributed by atoms with Gasteiger partial charge in [-0.05, 0) is 31.4 Å². The number of anilines is 1. The van der Waals surface area contributed by atoms with Gasteiger partial charge in [-0.3, -0.25) is 4.79 Å². The fourth-order valence-electron chi connectivity index (χ4n) is 2.98. The Balaban J connectivity index is 1.74. The zero-order chi connectivity index (χ0) is 17.9. The molecule has 5 nitrogen and oxygen atoms in total. The average molecular weight is 380 g/mol. The standard InChI is InChI=1S/C18H22ClN3O2S/c1-12-15(10-13-4-2-3-5-14(13)19)25-17(21-12)22-16(23)18(11-20)6-8-24-9-7-18/h2-5H,6-11,20H2,1H3,(H,21,22,23). The van der Waals surface area contributed by atoms with Crippen molar-refractivity contribution in [3.8, 4) is 0 Å². The molecule has 1 aromatic carbocycles. The van der Waals surface area contributed by atoms with Crippen molar-refractivity contribution in [2.24, 2.45) is 11.1 Å². The van der Waals surface area contributed by atoms with E-state index >= 15 is 0 Å². The lowest BCUT2D eigenvalue weighted by Gasteiger charge is -2.34. The molecule has 0 unspecified atom stereocenters. The Hall–Kier alpha value is -1.47. The van der Waals surface area contributed by atoms with Gasteiger partial charge in [0.15, 0.2) is 5.13 Å². The lowest BCUT2D eigenvalue weighted by atomic mass is 9.79. The van der Waals surface area contributed by atoms with E-state index in [9.17, 15) is 4.79 Å². The number of rotatable bonds is 5. The minimum atomic E-state index is -0.555. The number of nitrogens with two attached hydrogens (primary N) is 1. The second-order valence-corrected chi connectivity index (χ2v) is 7.84. The van der Waals surface area contributed by atoms with E-state index in [1.54, 1.807) is 0 Å². The van der Waals surface area contributed by atoms with E-state index < -0.39 is 5.41 Å². The van der Waals surface area contributed by atoms with Gasteiger partial charge in [0.25, 0.3) is 0 Å². The minimum absolute atomic E-state index is 0.0589. The van der Waals surface area contributed by atoms with E-state index in [-0.39, 0.29) is 5.91 Å². The summed E-state index contributed by atoms with van der Waals surface area (Å²) >= 11 is 7.74. The summed E-state index contributed by atoms with van der Waals surface area (Å²) < 4.78 is 5.37. The van der Waals surface area contributed by atoms with Gasteiger partial charge in [0, 0.05) is 36.1 Å². The Morgan fingerprint density at radius 3 is 2.80 bits per heavy atom. The van der Waals surface area contributed by atoms with Gasteiger partial charge in [-0.1, -0.05) is 29.8 Å². The fraction of sp³-hybridized carbons (Fsp3) is 0.444. The second kappa shape index (κ2) is 7.83. The Bertz CT molecular complexity index is 757. The van der Waals surface area contributed by atoms with Crippen LogP contribution < -0.4 is 11.1 Å². The van der Waals surface area contributed by atoms with Crippen LogP contribution in [0.3, 0.4) is 0 Å². The highest BCUT2D eigenvalue weighted by molar-refractivity contribution is 7.15. The fourth-order valence-corrected chi connectivity index (χ4v) is 4.16. The number of aryl methyl sites for hydroxylation is 1. The van der Waals surface area contributed by atoms with Crippen molar-refractivity contribution in [1.82, 2.24) is 4.98 Å². The molecule has 0 spiro atoms. The molecule has 3 rings (SSSR count). The number of hydrogen-bond donors (Lipinski definition) is 2. The molecule has 1 aliphatic heterocycles. The van der Waals surface area contributed by atoms with Gasteiger partial charge in [-0.25, -0.2) is 4.98 Å². The molecule has 134 valence electrons. The lowest BCUT2D eigenvalue weighted by molar-refractivity contribution is -0.130. The van der Waals surface area contributed by atoms with E-state index in [4.69, 9.17) is 22.1 Å². The predicted molar refractivity (Wildman–Crippen MR) is 101 cm³/mol. The number of thiazole rings is 1. The van der Waals surface area contributed by atoms with E-state index in [1.807, 2.05) is 31.2 Å². The Kier molecular flexibility index (Phi) is 5.74. The number of nitrogens with one attached hydrogen (secondary N) is 1. The number of carbonyl (C=O) groups is 1. The largest absolute Gasteiger partial charge is 0.381 e. The van der Waals surface area contributed by atoms with Crippen molar-refractivity contribution in [3.63, 3.8) is 0 Å². The summed E-state index contributed by atoms with van der Waals surface area (Å²) in [5, 5.41) is 4.32. The maximum atomic E-state index is 12.8. The third-order valence-electron chi connectivity index (χ3n) is 4.74. The third kappa shape index (κ3) is 4.03. The van der Waals surface area contributed by atoms with Crippen molar-refractivity contribution in [2.75, 3.05) is 25.1 Å². The normalized spacial score (nSPS) is 16.6. The highest BCUT2D eigenvalue weighted by Crippen LogP contribution is 2.33. The number of halogens is 1. The molecule has 0 bridgehead atoms. The smallest absolute Gasteiger partial charge is 0.233 e. The van der Waals surface area contributed by atoms with Crippen LogP contribution in [0.4, 0.5) is 5.13 Å². The van der Waals surface area contributed by atoms with E-state index in [2.05, 4.69) is 10.3 Å². The zero-order valence-electron chi connectivity index (χ0n) is 14.2. The van der Waals surface area contributed by atoms with Crippen molar-refractivity contribution in [1.29, 1.82) is 0 Å². The predicted octanol–water partition coefficient (Wildman–Crippen LogP) is 3.39. The summed E-state index contributed by atoms with van der Waals surface area (Å²) in [6.07, 6.45) is 1.99. The lowest BCUT2D eigenvalue weighted by Crippen LogP contribution is -2.46. The zero-order valence-corrected chi connectivity index (χ0v) is 15.8. The molecule has 3 N–H and O–H groups in total. The molecule has 1 aliphatic rings. The Labute approximate surface area is 156 Å². The van der Waals surface area contributed by atoms with E-state index in [0.29, 0.717) is 44.2 Å². The molecular weight excluding hydrogens is 358 g/mol. The van der Waals surface area contributed by atoms with Gasteiger partial charge in [-0.2, -0.15) is 0 Å². The maximum Gasteiger partial charge on any atom is 0.233 e. The molecule has 7 heteroatoms. The number of carbonyl (C=O) groups excluding carboxylic acids is 1. The summed E-state index contributed by atoms with van der Waals surface area (Å²) in [7, 11) is 0. The summed E-state index contributed by atoms with van der Waals surface area (Å²) in [6, 6.07) is 7.77. The summed E-state index contributed by atoms with van der Waals surface area (Å²) in [6.45, 7) is 3.41. The van der Waals surface area contributed by atoms with E-state index in [1.165, 1.54) is 11.3 Å². The molecule has 1 saturated heterocycles. The molecule has 0 radical (unpaired) electrons. The van der Waals surface area contributed by atoms with Crippen molar-refractivity contribution in [2.45, 2.75) is 26.2 Å². The van der Waals surface area contributed by atoms with E-state index in [0.717, 1.165) is 21.2 Å². The van der Waals surface area contributed by atoms with Crippen LogP contribution in [0.25, 0.3) is 0 Å². The first-order valence-electron chi connectivity index (χ1n) is 8.33. The molecule has 2 aromatic rings. The van der Waals surface area contributed by atoms with Crippen LogP contribution in [0.5, 0.6) is 0 Å². The summed E-state index contributed by atoms with van der Waals surface area (Å²) in [4.78, 5) is 18.4. The van der Waals surface area contributed by atoms with Crippen LogP contribution in [-0.2, 0) is 16.0 Å². The SMILES string of the molecule is Cc1nc(NC(=O)C2(CN)CCOCC2)sc1Cc1ccccc1Cl. The first-order chi connectivity index (χ1) is 12.0. The van der Waals surface area contributed by atoms with Gasteiger partial charge < -0.3 is 15.8 Å². The number of amides is 1. The summed E-state index contributed by atoms with van der Waals surface area (Å²) in [5.41, 5.74) is 7.31. The van der Waals surface area contributed by atoms with Gasteiger partial charge >= 0.3 is 0 Å². The van der Waals surface area contributed by atoms with Gasteiger partial charge in [-0.15, -0.1) is 11.3 Å². The average Bonchev–Trinajstić information content (AvgIpc) is 2.96. The van der Waals surface area contributed by atoms with Crippen LogP contribution in [0.2, 0.25) is 5.02 Å². The minimum Gasteiger partial charge on any atom is -0.381 e. The number of aromatic nitrogens is 1. The van der Waals surface area contributed by atoms with Crippen molar-refractivity contribution < 1.29 is 9.53 Å². The molecule has 0 saturated carbocycles. The molecule has 25 heavy (non-hydrogen) atoms. The van der Waals surface area contributed by atoms with Gasteiger partial charge in [0.05, 0.1) is 11.1 Å². The Morgan fingerprint density at radius 2 is 2.12 bits per heavy atom. The molecular formula is C18H22ClN3O2S. The summed E-state index contributed by atoms with van der Waals surface area (Å²) in [5.74, 6) is -0.0589. The highest BCUT2D eigenvalue weighted by atomic mass is 35.5. The van der Waals surface area contributed by atoms with Crippen LogP contribution >= 0.6 is 22.9 Å². The Morgan fingerprint density at radius 1 is 1.40 bits per heavy atom. The molecule has 1 aromatic heterocycles. The second-order valence-electron chi connectivity index (χ2n) is 6.35. The molecule has 1 fully saturated rings. The van der Waals surface area contributed by atoms with Gasteiger partial charge in [0.2, 0.25) is 5.91 Å². The topological polar surface area (TPSA) is 77.2 Å². The van der Waals surface area contributed by atoms with Crippen LogP contribution in [0.15, 0.2) is 24.3 Å². The molecule has 1 amide bonds. The molecule has 0 atom stereocenters. The molecule has 2 heterocycles. The van der Waals surface area contributed by atoms with Crippen LogP contribution in [0, 0.1) is 12.3 Å². The number of benzene rings is 1. The monoisotopic (exact) mass is 379 g/mol. The first kappa shape index (κ1) is 18.3. The number of ether oxygens (including phenoxy) is 1. The first-order valence-corrected chi connectivity index (χ1v) is 9.52. The molecule has 0 aliphatic carbocycles.